The van der Waals surface area contributed by atoms with E-state index in [1.54, 1.807) is 19.1 Å². The molecule has 1 fully saturated rings. The predicted molar refractivity (Wildman–Crippen MR) is 50.9 cm³/mol. The summed E-state index contributed by atoms with van der Waals surface area (Å²) in [5.74, 6) is -0.144. The summed E-state index contributed by atoms with van der Waals surface area (Å²) in [6, 6.07) is 5.32. The predicted octanol–water partition coefficient (Wildman–Crippen LogP) is 2.47. The Morgan fingerprint density at radius 2 is 2.08 bits per heavy atom. The molecule has 0 aromatic heterocycles. The van der Waals surface area contributed by atoms with E-state index in [2.05, 4.69) is 0 Å². The number of hydrogen-bond donors (Lipinski definition) is 1. The molecule has 0 aliphatic heterocycles. The Kier molecular flexibility index (Phi) is 1.88. The summed E-state index contributed by atoms with van der Waals surface area (Å²) < 4.78 is 13.2. The fraction of sp³-hybridized carbons (Fsp3) is 0.455. The normalized spacial score (nSPS) is 19.6. The molecule has 0 saturated heterocycles. The summed E-state index contributed by atoms with van der Waals surface area (Å²) in [5, 5.41) is 0. The van der Waals surface area contributed by atoms with Gasteiger partial charge >= 0.3 is 0 Å². The zero-order valence-corrected chi connectivity index (χ0v) is 7.81. The zero-order chi connectivity index (χ0) is 9.47. The van der Waals surface area contributed by atoms with Gasteiger partial charge in [0.2, 0.25) is 0 Å². The molecular weight excluding hydrogens is 165 g/mol. The Labute approximate surface area is 77.8 Å². The number of rotatable bonds is 1. The maximum atomic E-state index is 13.2. The van der Waals surface area contributed by atoms with Gasteiger partial charge in [-0.1, -0.05) is 12.1 Å². The van der Waals surface area contributed by atoms with E-state index in [0.717, 1.165) is 24.8 Å². The number of nitrogens with two attached hydrogens (primary N) is 1. The van der Waals surface area contributed by atoms with Crippen LogP contribution in [0.1, 0.15) is 30.4 Å². The first kappa shape index (κ1) is 8.70. The van der Waals surface area contributed by atoms with Crippen LogP contribution in [0.3, 0.4) is 0 Å². The van der Waals surface area contributed by atoms with Crippen LogP contribution in [0.15, 0.2) is 18.2 Å². The molecule has 0 unspecified atom stereocenters. The van der Waals surface area contributed by atoms with Gasteiger partial charge in [0, 0.05) is 5.54 Å². The first-order valence-electron chi connectivity index (χ1n) is 4.67. The topological polar surface area (TPSA) is 26.0 Å². The van der Waals surface area contributed by atoms with Crippen LogP contribution in [0.25, 0.3) is 0 Å². The fourth-order valence-electron chi connectivity index (χ4n) is 1.75. The monoisotopic (exact) mass is 179 g/mol. The molecule has 1 aliphatic carbocycles. The van der Waals surface area contributed by atoms with Gasteiger partial charge in [0.05, 0.1) is 0 Å². The highest BCUT2D eigenvalue weighted by molar-refractivity contribution is 5.30. The van der Waals surface area contributed by atoms with E-state index < -0.39 is 0 Å². The lowest BCUT2D eigenvalue weighted by molar-refractivity contribution is 0.253. The van der Waals surface area contributed by atoms with Crippen molar-refractivity contribution in [2.24, 2.45) is 5.73 Å². The van der Waals surface area contributed by atoms with Crippen molar-refractivity contribution in [1.29, 1.82) is 0 Å². The summed E-state index contributed by atoms with van der Waals surface area (Å²) in [5.41, 5.74) is 7.47. The van der Waals surface area contributed by atoms with E-state index in [1.807, 2.05) is 6.07 Å². The molecule has 1 aromatic carbocycles. The van der Waals surface area contributed by atoms with Crippen molar-refractivity contribution in [3.63, 3.8) is 0 Å². The zero-order valence-electron chi connectivity index (χ0n) is 7.81. The molecule has 1 saturated carbocycles. The second-order valence-electron chi connectivity index (χ2n) is 3.97. The summed E-state index contributed by atoms with van der Waals surface area (Å²) in [7, 11) is 0. The van der Waals surface area contributed by atoms with Gasteiger partial charge in [0.15, 0.2) is 0 Å². The van der Waals surface area contributed by atoms with Crippen molar-refractivity contribution < 1.29 is 4.39 Å². The van der Waals surface area contributed by atoms with Crippen LogP contribution < -0.4 is 5.73 Å². The summed E-state index contributed by atoms with van der Waals surface area (Å²) in [6.07, 6.45) is 3.12. The van der Waals surface area contributed by atoms with Crippen molar-refractivity contribution in [3.05, 3.63) is 35.1 Å². The standard InChI is InChI=1S/C11H14FN/c1-8-3-4-9(7-10(8)12)11(13)5-2-6-11/h3-4,7H,2,5-6,13H2,1H3. The lowest BCUT2D eigenvalue weighted by Gasteiger charge is -2.38. The average Bonchev–Trinajstić information content (AvgIpc) is 2.06. The van der Waals surface area contributed by atoms with Gasteiger partial charge in [0.1, 0.15) is 5.82 Å². The van der Waals surface area contributed by atoms with E-state index >= 15 is 0 Å². The number of halogens is 1. The SMILES string of the molecule is Cc1ccc(C2(N)CCC2)cc1F. The van der Waals surface area contributed by atoms with E-state index in [1.165, 1.54) is 0 Å². The minimum absolute atomic E-state index is 0.144. The van der Waals surface area contributed by atoms with Crippen molar-refractivity contribution in [2.75, 3.05) is 0 Å². The Morgan fingerprint density at radius 1 is 1.38 bits per heavy atom. The minimum Gasteiger partial charge on any atom is -0.321 e. The van der Waals surface area contributed by atoms with Gasteiger partial charge in [-0.3, -0.25) is 0 Å². The number of hydrogen-bond acceptors (Lipinski definition) is 1. The Bertz CT molecular complexity index is 329. The highest BCUT2D eigenvalue weighted by Gasteiger charge is 2.34. The molecule has 2 heteroatoms. The molecule has 70 valence electrons. The van der Waals surface area contributed by atoms with Crippen molar-refractivity contribution in [1.82, 2.24) is 0 Å². The van der Waals surface area contributed by atoms with Gasteiger partial charge in [0.25, 0.3) is 0 Å². The van der Waals surface area contributed by atoms with Crippen LogP contribution in [0, 0.1) is 12.7 Å². The van der Waals surface area contributed by atoms with Gasteiger partial charge in [-0.2, -0.15) is 0 Å². The summed E-state index contributed by atoms with van der Waals surface area (Å²) in [4.78, 5) is 0. The molecule has 2 rings (SSSR count). The molecule has 0 heterocycles. The minimum atomic E-state index is -0.242. The Morgan fingerprint density at radius 3 is 2.54 bits per heavy atom. The molecular formula is C11H14FN. The lowest BCUT2D eigenvalue weighted by Crippen LogP contribution is -2.43. The van der Waals surface area contributed by atoms with E-state index in [9.17, 15) is 4.39 Å². The van der Waals surface area contributed by atoms with Gasteiger partial charge in [-0.15, -0.1) is 0 Å². The van der Waals surface area contributed by atoms with Crippen molar-refractivity contribution >= 4 is 0 Å². The van der Waals surface area contributed by atoms with Crippen LogP contribution in [0.4, 0.5) is 4.39 Å². The van der Waals surface area contributed by atoms with Crippen LogP contribution in [0.5, 0.6) is 0 Å². The smallest absolute Gasteiger partial charge is 0.126 e. The summed E-state index contributed by atoms with van der Waals surface area (Å²) >= 11 is 0. The highest BCUT2D eigenvalue weighted by Crippen LogP contribution is 2.38. The van der Waals surface area contributed by atoms with E-state index in [-0.39, 0.29) is 11.4 Å². The number of benzene rings is 1. The Balaban J connectivity index is 2.36. The molecule has 0 bridgehead atoms. The Hall–Kier alpha value is -0.890. The maximum absolute atomic E-state index is 13.2. The first-order valence-corrected chi connectivity index (χ1v) is 4.67. The molecule has 1 nitrogen and oxygen atoms in total. The second-order valence-corrected chi connectivity index (χ2v) is 3.97. The summed E-state index contributed by atoms with van der Waals surface area (Å²) in [6.45, 7) is 1.77. The van der Waals surface area contributed by atoms with Crippen molar-refractivity contribution in [3.8, 4) is 0 Å². The maximum Gasteiger partial charge on any atom is 0.126 e. The average molecular weight is 179 g/mol. The molecule has 2 N–H and O–H groups in total. The molecule has 0 amide bonds. The second kappa shape index (κ2) is 2.81. The van der Waals surface area contributed by atoms with Crippen molar-refractivity contribution in [2.45, 2.75) is 31.7 Å². The highest BCUT2D eigenvalue weighted by atomic mass is 19.1. The molecule has 0 radical (unpaired) electrons. The third-order valence-corrected chi connectivity index (χ3v) is 2.99. The third kappa shape index (κ3) is 1.35. The third-order valence-electron chi connectivity index (χ3n) is 2.99. The van der Waals surface area contributed by atoms with Crippen LogP contribution in [0.2, 0.25) is 0 Å². The van der Waals surface area contributed by atoms with Gasteiger partial charge in [-0.25, -0.2) is 4.39 Å². The first-order chi connectivity index (χ1) is 6.12. The van der Waals surface area contributed by atoms with Crippen LogP contribution in [-0.4, -0.2) is 0 Å². The molecule has 1 aromatic rings. The molecule has 0 spiro atoms. The fourth-order valence-corrected chi connectivity index (χ4v) is 1.75. The van der Waals surface area contributed by atoms with E-state index in [4.69, 9.17) is 5.73 Å². The van der Waals surface area contributed by atoms with Crippen LogP contribution >= 0.6 is 0 Å². The number of aryl methyl sites for hydroxylation is 1. The largest absolute Gasteiger partial charge is 0.321 e. The van der Waals surface area contributed by atoms with Gasteiger partial charge < -0.3 is 5.73 Å². The van der Waals surface area contributed by atoms with E-state index in [0.29, 0.717) is 5.56 Å². The van der Waals surface area contributed by atoms with Gasteiger partial charge in [-0.05, 0) is 43.4 Å². The van der Waals surface area contributed by atoms with Crippen LogP contribution in [-0.2, 0) is 5.54 Å². The molecule has 0 atom stereocenters. The molecule has 13 heavy (non-hydrogen) atoms. The quantitative estimate of drug-likeness (QED) is 0.704. The molecule has 1 aliphatic rings. The lowest BCUT2D eigenvalue weighted by atomic mass is 9.72.